The number of ether oxygens (including phenoxy) is 1. The number of hydrogen-bond donors (Lipinski definition) is 1. The zero-order valence-electron chi connectivity index (χ0n) is 21.3. The number of fused-ring (bicyclic) bond motifs is 1. The molecule has 1 saturated heterocycles. The van der Waals surface area contributed by atoms with E-state index < -0.39 is 13.9 Å². The van der Waals surface area contributed by atoms with Crippen molar-refractivity contribution in [2.45, 2.75) is 58.1 Å². The van der Waals surface area contributed by atoms with Gasteiger partial charge in [-0.1, -0.05) is 32.5 Å². The molecule has 0 aliphatic carbocycles. The van der Waals surface area contributed by atoms with Crippen LogP contribution in [0.2, 0.25) is 25.7 Å². The predicted octanol–water partition coefficient (Wildman–Crippen LogP) is 5.06. The molecule has 4 rings (SSSR count). The second-order valence-corrected chi connectivity index (χ2v) is 16.1. The Kier molecular flexibility index (Phi) is 8.15. The smallest absolute Gasteiger partial charge is 0.246 e. The maximum Gasteiger partial charge on any atom is 0.246 e. The van der Waals surface area contributed by atoms with Crippen LogP contribution in [-0.4, -0.2) is 64.0 Å². The van der Waals surface area contributed by atoms with E-state index in [1.807, 2.05) is 4.90 Å². The fraction of sp³-hybridized carbons (Fsp3) is 0.462. The van der Waals surface area contributed by atoms with Crippen LogP contribution in [0.4, 0.5) is 4.39 Å². The van der Waals surface area contributed by atoms with Crippen LogP contribution in [0.1, 0.15) is 36.9 Å². The molecule has 1 amide bonds. The molecule has 0 bridgehead atoms. The molecule has 1 N–H and O–H groups in total. The van der Waals surface area contributed by atoms with Gasteiger partial charge in [-0.25, -0.2) is 14.1 Å². The Morgan fingerprint density at radius 3 is 2.64 bits per heavy atom. The molecule has 4 heterocycles. The standard InChI is InChI=1S/C26H35FN6O2Si/c1-36(2,3)15-14-35-19-33-22(9-11-25(34)31-12-6-4-5-7-13-31)21(16-28)26(30-33)23-17-29-24-10-8-20(27)18-32(23)24/h8-11,16-18,28H,4-7,12-15,19H2,1-3H3/b11-9+,28-16?. The summed E-state index contributed by atoms with van der Waals surface area (Å²) in [6.07, 6.45) is 11.8. The Labute approximate surface area is 212 Å². The lowest BCUT2D eigenvalue weighted by Gasteiger charge is -2.18. The lowest BCUT2D eigenvalue weighted by Crippen LogP contribution is -2.30. The Hall–Kier alpha value is -3.11. The number of hydrogen-bond acceptors (Lipinski definition) is 5. The molecule has 8 nitrogen and oxygen atoms in total. The maximum absolute atomic E-state index is 14.0. The quantitative estimate of drug-likeness (QED) is 0.189. The van der Waals surface area contributed by atoms with Crippen LogP contribution in [0.5, 0.6) is 0 Å². The Bertz CT molecular complexity index is 1250. The number of nitrogens with one attached hydrogen (secondary N) is 1. The summed E-state index contributed by atoms with van der Waals surface area (Å²) in [6, 6.07) is 3.97. The SMILES string of the molecule is C[Si](C)(C)CCOCn1nc(-c2cnc3ccc(F)cn23)c(C=N)c1/C=C/C(=O)N1CCCCCC1. The lowest BCUT2D eigenvalue weighted by atomic mass is 10.1. The van der Waals surface area contributed by atoms with E-state index in [2.05, 4.69) is 24.6 Å². The minimum Gasteiger partial charge on any atom is -0.360 e. The summed E-state index contributed by atoms with van der Waals surface area (Å²) < 4.78 is 23.3. The highest BCUT2D eigenvalue weighted by molar-refractivity contribution is 6.76. The lowest BCUT2D eigenvalue weighted by molar-refractivity contribution is -0.125. The molecule has 0 spiro atoms. The first-order valence-corrected chi connectivity index (χ1v) is 16.3. The van der Waals surface area contributed by atoms with Crippen molar-refractivity contribution in [3.63, 3.8) is 0 Å². The Morgan fingerprint density at radius 1 is 1.19 bits per heavy atom. The van der Waals surface area contributed by atoms with Gasteiger partial charge in [-0.3, -0.25) is 9.20 Å². The van der Waals surface area contributed by atoms with E-state index in [4.69, 9.17) is 15.2 Å². The molecule has 3 aromatic rings. The average Bonchev–Trinajstić information content (AvgIpc) is 3.27. The van der Waals surface area contributed by atoms with E-state index in [0.717, 1.165) is 44.8 Å². The Balaban J connectivity index is 1.68. The van der Waals surface area contributed by atoms with E-state index in [9.17, 15) is 9.18 Å². The number of rotatable bonds is 9. The van der Waals surface area contributed by atoms with E-state index in [-0.39, 0.29) is 12.6 Å². The van der Waals surface area contributed by atoms with Crippen LogP contribution in [0.15, 0.2) is 30.6 Å². The fourth-order valence-electron chi connectivity index (χ4n) is 4.30. The van der Waals surface area contributed by atoms with Gasteiger partial charge in [-0.2, -0.15) is 5.10 Å². The molecule has 0 aromatic carbocycles. The summed E-state index contributed by atoms with van der Waals surface area (Å²) in [7, 11) is -1.26. The highest BCUT2D eigenvalue weighted by Gasteiger charge is 2.21. The van der Waals surface area contributed by atoms with E-state index in [0.29, 0.717) is 34.9 Å². The number of halogens is 1. The number of aromatic nitrogens is 4. The molecular weight excluding hydrogens is 475 g/mol. The van der Waals surface area contributed by atoms with Crippen molar-refractivity contribution in [1.29, 1.82) is 5.41 Å². The van der Waals surface area contributed by atoms with Crippen molar-refractivity contribution in [3.8, 4) is 11.4 Å². The van der Waals surface area contributed by atoms with Crippen molar-refractivity contribution in [1.82, 2.24) is 24.1 Å². The third-order valence-electron chi connectivity index (χ3n) is 6.40. The highest BCUT2D eigenvalue weighted by Crippen LogP contribution is 2.27. The van der Waals surface area contributed by atoms with Gasteiger partial charge in [0.2, 0.25) is 5.91 Å². The van der Waals surface area contributed by atoms with Gasteiger partial charge in [0.15, 0.2) is 0 Å². The van der Waals surface area contributed by atoms with Crippen molar-refractivity contribution in [3.05, 3.63) is 47.7 Å². The van der Waals surface area contributed by atoms with Gasteiger partial charge in [-0.05, 0) is 37.1 Å². The number of carbonyl (C=O) groups is 1. The molecule has 0 unspecified atom stereocenters. The molecule has 0 radical (unpaired) electrons. The van der Waals surface area contributed by atoms with Gasteiger partial charge in [0.05, 0.1) is 17.6 Å². The van der Waals surface area contributed by atoms with E-state index in [1.165, 1.54) is 18.5 Å². The van der Waals surface area contributed by atoms with Crippen LogP contribution in [0, 0.1) is 11.2 Å². The van der Waals surface area contributed by atoms with Gasteiger partial charge in [-0.15, -0.1) is 0 Å². The molecule has 36 heavy (non-hydrogen) atoms. The van der Waals surface area contributed by atoms with Crippen LogP contribution in [-0.2, 0) is 16.3 Å². The van der Waals surface area contributed by atoms with E-state index >= 15 is 0 Å². The van der Waals surface area contributed by atoms with Gasteiger partial charge in [0.1, 0.15) is 23.9 Å². The monoisotopic (exact) mass is 510 g/mol. The first-order chi connectivity index (χ1) is 17.3. The number of nitrogens with zero attached hydrogens (tertiary/aromatic N) is 5. The zero-order valence-corrected chi connectivity index (χ0v) is 22.3. The molecule has 0 atom stereocenters. The summed E-state index contributed by atoms with van der Waals surface area (Å²) in [5.74, 6) is -0.436. The minimum absolute atomic E-state index is 0.0429. The maximum atomic E-state index is 14.0. The molecule has 1 aliphatic heterocycles. The van der Waals surface area contributed by atoms with Gasteiger partial charge < -0.3 is 15.0 Å². The first-order valence-electron chi connectivity index (χ1n) is 12.6. The molecule has 10 heteroatoms. The summed E-state index contributed by atoms with van der Waals surface area (Å²) >= 11 is 0. The van der Waals surface area contributed by atoms with Crippen molar-refractivity contribution in [2.24, 2.45) is 0 Å². The summed E-state index contributed by atoms with van der Waals surface area (Å²) in [4.78, 5) is 19.2. The molecule has 1 aliphatic rings. The second kappa shape index (κ2) is 11.3. The summed E-state index contributed by atoms with van der Waals surface area (Å²) in [5, 5.41) is 12.9. The molecule has 0 saturated carbocycles. The molecule has 1 fully saturated rings. The number of pyridine rings is 1. The van der Waals surface area contributed by atoms with E-state index in [1.54, 1.807) is 33.5 Å². The topological polar surface area (TPSA) is 88.5 Å². The highest BCUT2D eigenvalue weighted by atomic mass is 28.3. The third kappa shape index (κ3) is 6.17. The fourth-order valence-corrected chi connectivity index (χ4v) is 5.06. The van der Waals surface area contributed by atoms with Crippen molar-refractivity contribution in [2.75, 3.05) is 19.7 Å². The molecular formula is C26H35FN6O2Si. The number of carbonyl (C=O) groups excluding carboxylic acids is 1. The number of likely N-dealkylation sites (tertiary alicyclic amines) is 1. The third-order valence-corrected chi connectivity index (χ3v) is 8.10. The molecule has 3 aromatic heterocycles. The zero-order chi connectivity index (χ0) is 25.7. The minimum atomic E-state index is -1.26. The molecule has 192 valence electrons. The summed E-state index contributed by atoms with van der Waals surface area (Å²) in [5.41, 5.74) is 2.75. The van der Waals surface area contributed by atoms with Crippen LogP contribution in [0.3, 0.4) is 0 Å². The normalized spacial score (nSPS) is 15.1. The first kappa shape index (κ1) is 26.0. The van der Waals surface area contributed by atoms with Crippen LogP contribution in [0.25, 0.3) is 23.1 Å². The average molecular weight is 511 g/mol. The van der Waals surface area contributed by atoms with Gasteiger partial charge in [0.25, 0.3) is 0 Å². The summed E-state index contributed by atoms with van der Waals surface area (Å²) in [6.45, 7) is 9.21. The van der Waals surface area contributed by atoms with Crippen molar-refractivity contribution >= 4 is 31.9 Å². The Morgan fingerprint density at radius 2 is 1.94 bits per heavy atom. The number of amides is 1. The van der Waals surface area contributed by atoms with Gasteiger partial charge in [0, 0.05) is 51.8 Å². The van der Waals surface area contributed by atoms with Crippen LogP contribution < -0.4 is 0 Å². The predicted molar refractivity (Wildman–Crippen MR) is 142 cm³/mol. The van der Waals surface area contributed by atoms with Crippen LogP contribution >= 0.6 is 0 Å². The number of imidazole rings is 1. The second-order valence-electron chi connectivity index (χ2n) is 10.4. The van der Waals surface area contributed by atoms with Crippen molar-refractivity contribution < 1.29 is 13.9 Å². The van der Waals surface area contributed by atoms with Gasteiger partial charge >= 0.3 is 0 Å². The largest absolute Gasteiger partial charge is 0.360 e.